The van der Waals surface area contributed by atoms with Gasteiger partial charge in [-0.15, -0.1) is 11.3 Å². The maximum Gasteiger partial charge on any atom is 0.288 e. The molecule has 0 bridgehead atoms. The van der Waals surface area contributed by atoms with Gasteiger partial charge in [-0.3, -0.25) is 14.9 Å². The van der Waals surface area contributed by atoms with Crippen LogP contribution in [0.3, 0.4) is 0 Å². The molecule has 0 unspecified atom stereocenters. The lowest BCUT2D eigenvalue weighted by atomic mass is 10.0. The molecule has 0 aliphatic carbocycles. The lowest BCUT2D eigenvalue weighted by molar-refractivity contribution is -0.384. The molecular formula is C23H24ClN3O3S. The summed E-state index contributed by atoms with van der Waals surface area (Å²) < 4.78 is 2.04. The molecule has 162 valence electrons. The highest BCUT2D eigenvalue weighted by molar-refractivity contribution is 7.09. The summed E-state index contributed by atoms with van der Waals surface area (Å²) in [4.78, 5) is 29.5. The minimum Gasteiger partial charge on any atom is -0.316 e. The number of carbonyl (C=O) groups is 1. The van der Waals surface area contributed by atoms with Crippen molar-refractivity contribution in [1.29, 1.82) is 0 Å². The largest absolute Gasteiger partial charge is 0.316 e. The number of amides is 1. The fourth-order valence-corrected chi connectivity index (χ4v) is 4.87. The number of nitro benzene ring substituents is 1. The van der Waals surface area contributed by atoms with Crippen molar-refractivity contribution < 1.29 is 9.72 Å². The SMILES string of the molecule is CCCc1sc(=NC(=O)c2ccc(Cl)c([N+](=O)[O-])c2)n(CC)c1-c1ccc(C)c(C)c1. The third kappa shape index (κ3) is 4.78. The van der Waals surface area contributed by atoms with Crippen molar-refractivity contribution in [3.8, 4) is 11.3 Å². The van der Waals surface area contributed by atoms with Gasteiger partial charge in [-0.25, -0.2) is 0 Å². The van der Waals surface area contributed by atoms with Crippen molar-refractivity contribution in [1.82, 2.24) is 4.57 Å². The van der Waals surface area contributed by atoms with E-state index >= 15 is 0 Å². The molecule has 3 rings (SSSR count). The molecule has 0 spiro atoms. The van der Waals surface area contributed by atoms with Crippen molar-refractivity contribution in [3.63, 3.8) is 0 Å². The van der Waals surface area contributed by atoms with Gasteiger partial charge in [0.2, 0.25) is 0 Å². The Hall–Kier alpha value is -2.77. The predicted octanol–water partition coefficient (Wildman–Crippen LogP) is 6.11. The molecule has 2 aromatic carbocycles. The third-order valence-corrected chi connectivity index (χ3v) is 6.60. The Morgan fingerprint density at radius 2 is 1.90 bits per heavy atom. The van der Waals surface area contributed by atoms with Crippen LogP contribution < -0.4 is 4.80 Å². The molecule has 0 fully saturated rings. The van der Waals surface area contributed by atoms with Crippen LogP contribution in [-0.2, 0) is 13.0 Å². The number of nitro groups is 1. The fraction of sp³-hybridized carbons (Fsp3) is 0.304. The van der Waals surface area contributed by atoms with Gasteiger partial charge in [-0.2, -0.15) is 4.99 Å². The first kappa shape index (κ1) is 22.9. The molecule has 8 heteroatoms. The number of hydrogen-bond donors (Lipinski definition) is 0. The van der Waals surface area contributed by atoms with Gasteiger partial charge in [0, 0.05) is 23.1 Å². The number of nitrogens with zero attached hydrogens (tertiary/aromatic N) is 3. The summed E-state index contributed by atoms with van der Waals surface area (Å²) >= 11 is 7.36. The van der Waals surface area contributed by atoms with Gasteiger partial charge >= 0.3 is 0 Å². The zero-order valence-corrected chi connectivity index (χ0v) is 19.5. The van der Waals surface area contributed by atoms with Gasteiger partial charge in [0.05, 0.1) is 10.6 Å². The minimum atomic E-state index is -0.604. The van der Waals surface area contributed by atoms with E-state index in [1.807, 2.05) is 11.5 Å². The molecule has 1 aromatic heterocycles. The number of rotatable bonds is 6. The second kappa shape index (κ2) is 9.58. The van der Waals surface area contributed by atoms with Crippen LogP contribution in [0.4, 0.5) is 5.69 Å². The Morgan fingerprint density at radius 3 is 2.52 bits per heavy atom. The van der Waals surface area contributed by atoms with Gasteiger partial charge < -0.3 is 4.57 Å². The molecule has 6 nitrogen and oxygen atoms in total. The predicted molar refractivity (Wildman–Crippen MR) is 125 cm³/mol. The maximum absolute atomic E-state index is 12.8. The first-order chi connectivity index (χ1) is 14.8. The van der Waals surface area contributed by atoms with Crippen molar-refractivity contribution in [3.05, 3.63) is 77.9 Å². The summed E-state index contributed by atoms with van der Waals surface area (Å²) in [5.74, 6) is -0.530. The van der Waals surface area contributed by atoms with E-state index < -0.39 is 10.8 Å². The zero-order chi connectivity index (χ0) is 22.7. The Balaban J connectivity index is 2.16. The molecule has 0 saturated carbocycles. The number of aromatic nitrogens is 1. The molecule has 0 saturated heterocycles. The van der Waals surface area contributed by atoms with Gasteiger partial charge in [-0.1, -0.05) is 37.1 Å². The van der Waals surface area contributed by atoms with Crippen LogP contribution in [0.2, 0.25) is 5.02 Å². The summed E-state index contributed by atoms with van der Waals surface area (Å²) in [6.45, 7) is 8.95. The topological polar surface area (TPSA) is 77.5 Å². The van der Waals surface area contributed by atoms with E-state index in [0.717, 1.165) is 24.1 Å². The fourth-order valence-electron chi connectivity index (χ4n) is 3.38. The van der Waals surface area contributed by atoms with E-state index in [0.29, 0.717) is 11.3 Å². The van der Waals surface area contributed by atoms with E-state index in [4.69, 9.17) is 11.6 Å². The highest BCUT2D eigenvalue weighted by Gasteiger charge is 2.18. The first-order valence-corrected chi connectivity index (χ1v) is 11.3. The molecule has 0 aliphatic heterocycles. The third-order valence-electron chi connectivity index (χ3n) is 5.14. The highest BCUT2D eigenvalue weighted by atomic mass is 35.5. The van der Waals surface area contributed by atoms with E-state index in [-0.39, 0.29) is 16.3 Å². The van der Waals surface area contributed by atoms with Gasteiger partial charge in [0.1, 0.15) is 5.02 Å². The van der Waals surface area contributed by atoms with Crippen molar-refractivity contribution in [2.45, 2.75) is 47.1 Å². The number of carbonyl (C=O) groups excluding carboxylic acids is 1. The Kier molecular flexibility index (Phi) is 7.08. The number of benzene rings is 2. The van der Waals surface area contributed by atoms with Gasteiger partial charge in [0.25, 0.3) is 11.6 Å². The molecular weight excluding hydrogens is 434 g/mol. The molecule has 3 aromatic rings. The molecule has 0 aliphatic rings. The van der Waals surface area contributed by atoms with Crippen LogP contribution >= 0.6 is 22.9 Å². The van der Waals surface area contributed by atoms with Crippen LogP contribution in [0.5, 0.6) is 0 Å². The Bertz CT molecular complexity index is 1230. The quantitative estimate of drug-likeness (QED) is 0.331. The maximum atomic E-state index is 12.8. The van der Waals surface area contributed by atoms with Crippen LogP contribution in [0.25, 0.3) is 11.3 Å². The van der Waals surface area contributed by atoms with Crippen LogP contribution in [0.1, 0.15) is 46.6 Å². The van der Waals surface area contributed by atoms with Crippen molar-refractivity contribution in [2.75, 3.05) is 0 Å². The molecule has 1 amide bonds. The van der Waals surface area contributed by atoms with Gasteiger partial charge in [0.15, 0.2) is 4.80 Å². The molecule has 0 N–H and O–H groups in total. The number of thiazole rings is 1. The average Bonchev–Trinajstić information content (AvgIpc) is 3.07. The summed E-state index contributed by atoms with van der Waals surface area (Å²) in [7, 11) is 0. The molecule has 0 atom stereocenters. The summed E-state index contributed by atoms with van der Waals surface area (Å²) in [5.41, 5.74) is 4.43. The second-order valence-corrected chi connectivity index (χ2v) is 8.76. The molecule has 1 heterocycles. The normalized spacial score (nSPS) is 11.7. The van der Waals surface area contributed by atoms with E-state index in [9.17, 15) is 14.9 Å². The van der Waals surface area contributed by atoms with Gasteiger partial charge in [-0.05, 0) is 62.1 Å². The second-order valence-electron chi connectivity index (χ2n) is 7.29. The van der Waals surface area contributed by atoms with Crippen LogP contribution in [-0.4, -0.2) is 15.4 Å². The lowest BCUT2D eigenvalue weighted by Crippen LogP contribution is -2.17. The Labute approximate surface area is 190 Å². The summed E-state index contributed by atoms with van der Waals surface area (Å²) in [5, 5.41) is 11.2. The summed E-state index contributed by atoms with van der Waals surface area (Å²) in [6, 6.07) is 10.4. The molecule has 0 radical (unpaired) electrons. The number of hydrogen-bond acceptors (Lipinski definition) is 4. The van der Waals surface area contributed by atoms with E-state index in [1.165, 1.54) is 45.5 Å². The standard InChI is InChI=1S/C23H24ClN3O3S/c1-5-7-20-21(16-9-8-14(3)15(4)12-16)26(6-2)23(31-20)25-22(28)17-10-11-18(24)19(13-17)27(29)30/h8-13H,5-7H2,1-4H3. The number of halogens is 1. The highest BCUT2D eigenvalue weighted by Crippen LogP contribution is 2.29. The minimum absolute atomic E-state index is 0.0106. The monoisotopic (exact) mass is 457 g/mol. The summed E-state index contributed by atoms with van der Waals surface area (Å²) in [6.07, 6.45) is 1.85. The van der Waals surface area contributed by atoms with E-state index in [2.05, 4.69) is 44.0 Å². The first-order valence-electron chi connectivity index (χ1n) is 10.1. The average molecular weight is 458 g/mol. The Morgan fingerprint density at radius 1 is 1.16 bits per heavy atom. The smallest absolute Gasteiger partial charge is 0.288 e. The molecule has 31 heavy (non-hydrogen) atoms. The van der Waals surface area contributed by atoms with E-state index in [1.54, 1.807) is 0 Å². The van der Waals surface area contributed by atoms with Crippen LogP contribution in [0.15, 0.2) is 41.4 Å². The zero-order valence-electron chi connectivity index (χ0n) is 17.9. The van der Waals surface area contributed by atoms with Crippen molar-refractivity contribution >= 4 is 34.5 Å². The number of aryl methyl sites for hydroxylation is 3. The van der Waals surface area contributed by atoms with Crippen LogP contribution in [0, 0.1) is 24.0 Å². The van der Waals surface area contributed by atoms with Crippen molar-refractivity contribution in [2.24, 2.45) is 4.99 Å². The lowest BCUT2D eigenvalue weighted by Gasteiger charge is -2.11.